The van der Waals surface area contributed by atoms with Gasteiger partial charge in [0.2, 0.25) is 16.9 Å². The van der Waals surface area contributed by atoms with E-state index in [0.717, 1.165) is 33.0 Å². The lowest BCUT2D eigenvalue weighted by Crippen LogP contribution is -2.50. The first-order valence-electron chi connectivity index (χ1n) is 9.45. The van der Waals surface area contributed by atoms with Gasteiger partial charge in [-0.25, -0.2) is 8.42 Å². The maximum atomic E-state index is 12.7. The predicted octanol–water partition coefficient (Wildman–Crippen LogP) is 2.57. The molecular formula is C17H22BrN5O4S3. The van der Waals surface area contributed by atoms with Crippen molar-refractivity contribution in [2.24, 2.45) is 0 Å². The van der Waals surface area contributed by atoms with Gasteiger partial charge in [-0.2, -0.15) is 4.31 Å². The van der Waals surface area contributed by atoms with Gasteiger partial charge in [-0.05, 0) is 34.5 Å². The Hall–Kier alpha value is -1.41. The zero-order valence-electron chi connectivity index (χ0n) is 16.3. The Bertz CT molecular complexity index is 999. The Morgan fingerprint density at radius 2 is 1.87 bits per heavy atom. The molecule has 1 aliphatic heterocycles. The minimum Gasteiger partial charge on any atom is -0.340 e. The summed E-state index contributed by atoms with van der Waals surface area (Å²) in [5.74, 6) is -0.447. The number of nitrogens with zero attached hydrogens (tertiary/aromatic N) is 4. The lowest BCUT2D eigenvalue weighted by atomic mass is 10.2. The van der Waals surface area contributed by atoms with Gasteiger partial charge in [-0.15, -0.1) is 21.5 Å². The zero-order valence-corrected chi connectivity index (χ0v) is 20.4. The molecule has 1 saturated heterocycles. The predicted molar refractivity (Wildman–Crippen MR) is 119 cm³/mol. The van der Waals surface area contributed by atoms with Crippen LogP contribution in [0.25, 0.3) is 0 Å². The molecule has 1 aliphatic rings. The Balaban J connectivity index is 1.44. The van der Waals surface area contributed by atoms with Crippen LogP contribution in [0.4, 0.5) is 5.13 Å². The number of nitrogens with one attached hydrogen (secondary N) is 1. The van der Waals surface area contributed by atoms with Crippen LogP contribution in [0.1, 0.15) is 31.2 Å². The van der Waals surface area contributed by atoms with Gasteiger partial charge < -0.3 is 10.2 Å². The van der Waals surface area contributed by atoms with Crippen molar-refractivity contribution in [2.45, 2.75) is 36.8 Å². The summed E-state index contributed by atoms with van der Waals surface area (Å²) in [4.78, 5) is 26.1. The number of hydrogen-bond acceptors (Lipinski definition) is 8. The highest BCUT2D eigenvalue weighted by Gasteiger charge is 2.31. The average molecular weight is 536 g/mol. The molecule has 1 N–H and O–H groups in total. The van der Waals surface area contributed by atoms with Gasteiger partial charge in [0, 0.05) is 45.4 Å². The molecule has 0 atom stereocenters. The van der Waals surface area contributed by atoms with E-state index in [9.17, 15) is 18.0 Å². The summed E-state index contributed by atoms with van der Waals surface area (Å²) < 4.78 is 27.7. The largest absolute Gasteiger partial charge is 0.340 e. The molecule has 0 spiro atoms. The van der Waals surface area contributed by atoms with E-state index in [1.165, 1.54) is 15.6 Å². The first kappa shape index (κ1) is 23.3. The smallest absolute Gasteiger partial charge is 0.252 e. The fourth-order valence-electron chi connectivity index (χ4n) is 2.92. The Kier molecular flexibility index (Phi) is 7.96. The molecule has 3 heterocycles. The second kappa shape index (κ2) is 10.3. The van der Waals surface area contributed by atoms with Crippen LogP contribution in [0, 0.1) is 0 Å². The first-order valence-corrected chi connectivity index (χ1v) is 13.3. The van der Waals surface area contributed by atoms with Crippen LogP contribution < -0.4 is 5.32 Å². The number of sulfonamides is 1. The van der Waals surface area contributed by atoms with Gasteiger partial charge in [-0.3, -0.25) is 9.59 Å². The van der Waals surface area contributed by atoms with Gasteiger partial charge >= 0.3 is 0 Å². The van der Waals surface area contributed by atoms with Gasteiger partial charge in [-0.1, -0.05) is 18.3 Å². The summed E-state index contributed by atoms with van der Waals surface area (Å²) in [5, 5.41) is 11.9. The maximum Gasteiger partial charge on any atom is 0.252 e. The van der Waals surface area contributed by atoms with Gasteiger partial charge in [0.15, 0.2) is 0 Å². The van der Waals surface area contributed by atoms with Crippen molar-refractivity contribution in [3.63, 3.8) is 0 Å². The van der Waals surface area contributed by atoms with Crippen molar-refractivity contribution < 1.29 is 18.0 Å². The van der Waals surface area contributed by atoms with E-state index in [4.69, 9.17) is 0 Å². The molecule has 0 bridgehead atoms. The summed E-state index contributed by atoms with van der Waals surface area (Å²) in [6.07, 6.45) is 1.88. The van der Waals surface area contributed by atoms with Crippen molar-refractivity contribution in [1.82, 2.24) is 19.4 Å². The molecule has 0 aromatic carbocycles. The second-order valence-corrected chi connectivity index (χ2v) is 12.3. The normalized spacial score (nSPS) is 15.3. The third-order valence-electron chi connectivity index (χ3n) is 4.48. The van der Waals surface area contributed by atoms with Crippen molar-refractivity contribution in [3.05, 3.63) is 20.9 Å². The Morgan fingerprint density at radius 3 is 2.50 bits per heavy atom. The fourth-order valence-corrected chi connectivity index (χ4v) is 7.36. The van der Waals surface area contributed by atoms with Crippen molar-refractivity contribution in [1.29, 1.82) is 0 Å². The van der Waals surface area contributed by atoms with Crippen molar-refractivity contribution in [3.8, 4) is 0 Å². The number of piperazine rings is 1. The average Bonchev–Trinajstić information content (AvgIpc) is 3.36. The summed E-state index contributed by atoms with van der Waals surface area (Å²) in [6.45, 7) is 3.13. The highest BCUT2D eigenvalue weighted by molar-refractivity contribution is 9.11. The summed E-state index contributed by atoms with van der Waals surface area (Å²) >= 11 is 5.78. The number of aryl methyl sites for hydroxylation is 1. The Labute approximate surface area is 191 Å². The van der Waals surface area contributed by atoms with E-state index in [1.54, 1.807) is 17.0 Å². The SMILES string of the molecule is CCCc1nnc(NC(=O)CCC(=O)N2CCN(S(=O)(=O)c3ccc(Br)s3)CC2)s1. The number of hydrogen-bond donors (Lipinski definition) is 1. The minimum atomic E-state index is -3.54. The lowest BCUT2D eigenvalue weighted by Gasteiger charge is -2.33. The lowest BCUT2D eigenvalue weighted by molar-refractivity contribution is -0.133. The number of aromatic nitrogens is 2. The minimum absolute atomic E-state index is 0.0449. The number of carbonyl (C=O) groups excluding carboxylic acids is 2. The van der Waals surface area contributed by atoms with E-state index in [0.29, 0.717) is 18.2 Å². The molecule has 13 heteroatoms. The molecule has 30 heavy (non-hydrogen) atoms. The second-order valence-electron chi connectivity index (χ2n) is 6.64. The van der Waals surface area contributed by atoms with Gasteiger partial charge in [0.05, 0.1) is 3.79 Å². The monoisotopic (exact) mass is 535 g/mol. The van der Waals surface area contributed by atoms with Crippen LogP contribution in [-0.4, -0.2) is 65.8 Å². The molecule has 164 valence electrons. The number of rotatable bonds is 8. The third-order valence-corrected chi connectivity index (χ3v) is 9.37. The molecule has 2 amide bonds. The van der Waals surface area contributed by atoms with E-state index in [1.807, 2.05) is 6.92 Å². The van der Waals surface area contributed by atoms with Crippen LogP contribution >= 0.6 is 38.6 Å². The fraction of sp³-hybridized carbons (Fsp3) is 0.529. The maximum absolute atomic E-state index is 12.7. The van der Waals surface area contributed by atoms with E-state index in [2.05, 4.69) is 31.4 Å². The Morgan fingerprint density at radius 1 is 1.13 bits per heavy atom. The zero-order chi connectivity index (χ0) is 21.7. The van der Waals surface area contributed by atoms with Crippen LogP contribution in [-0.2, 0) is 26.0 Å². The van der Waals surface area contributed by atoms with E-state index in [-0.39, 0.29) is 42.0 Å². The highest BCUT2D eigenvalue weighted by atomic mass is 79.9. The molecule has 0 unspecified atom stereocenters. The number of thiophene rings is 1. The van der Waals surface area contributed by atoms with Crippen LogP contribution in [0.5, 0.6) is 0 Å². The molecule has 2 aromatic heterocycles. The van der Waals surface area contributed by atoms with Crippen molar-refractivity contribution >= 4 is 65.6 Å². The van der Waals surface area contributed by atoms with Gasteiger partial charge in [0.25, 0.3) is 10.0 Å². The standard InChI is InChI=1S/C17H22BrN5O4S3/c1-2-3-14-20-21-17(29-14)19-13(24)5-6-15(25)22-8-10-23(11-9-22)30(26,27)16-7-4-12(18)28-16/h4,7H,2-3,5-6,8-11H2,1H3,(H,19,21,24). The molecule has 0 radical (unpaired) electrons. The molecule has 1 fully saturated rings. The number of amides is 2. The summed E-state index contributed by atoms with van der Waals surface area (Å²) in [7, 11) is -3.54. The molecule has 2 aromatic rings. The molecule has 3 rings (SSSR count). The first-order chi connectivity index (χ1) is 14.3. The topological polar surface area (TPSA) is 113 Å². The summed E-state index contributed by atoms with van der Waals surface area (Å²) in [6, 6.07) is 3.28. The van der Waals surface area contributed by atoms with Crippen LogP contribution in [0.2, 0.25) is 0 Å². The number of halogens is 1. The van der Waals surface area contributed by atoms with E-state index >= 15 is 0 Å². The molecule has 0 aliphatic carbocycles. The molecule has 0 saturated carbocycles. The summed E-state index contributed by atoms with van der Waals surface area (Å²) in [5.41, 5.74) is 0. The third kappa shape index (κ3) is 5.84. The highest BCUT2D eigenvalue weighted by Crippen LogP contribution is 2.29. The van der Waals surface area contributed by atoms with Gasteiger partial charge in [0.1, 0.15) is 9.22 Å². The van der Waals surface area contributed by atoms with Crippen LogP contribution in [0.15, 0.2) is 20.1 Å². The van der Waals surface area contributed by atoms with Crippen LogP contribution in [0.3, 0.4) is 0 Å². The number of carbonyl (C=O) groups is 2. The molecular weight excluding hydrogens is 514 g/mol. The quantitative estimate of drug-likeness (QED) is 0.555. The molecule has 9 nitrogen and oxygen atoms in total. The van der Waals surface area contributed by atoms with Crippen molar-refractivity contribution in [2.75, 3.05) is 31.5 Å². The number of anilines is 1. The van der Waals surface area contributed by atoms with E-state index < -0.39 is 10.0 Å².